The number of aryl methyl sites for hydroxylation is 2. The minimum Gasteiger partial charge on any atom is -0.358 e. The Kier molecular flexibility index (Phi) is 2.73. The van der Waals surface area contributed by atoms with Crippen molar-refractivity contribution in [1.29, 1.82) is 0 Å². The predicted molar refractivity (Wildman–Crippen MR) is 74.1 cm³/mol. The number of hydrogen-bond acceptors (Lipinski definition) is 1. The summed E-state index contributed by atoms with van der Waals surface area (Å²) in [6, 6.07) is 6.40. The van der Waals surface area contributed by atoms with Crippen molar-refractivity contribution in [3.8, 4) is 0 Å². The summed E-state index contributed by atoms with van der Waals surface area (Å²) in [6.45, 7) is 4.16. The van der Waals surface area contributed by atoms with Crippen molar-refractivity contribution in [3.63, 3.8) is 0 Å². The number of aromatic nitrogens is 1. The minimum atomic E-state index is 0.271. The smallest absolute Gasteiger partial charge is 0.168 e. The molecule has 1 heterocycles. The van der Waals surface area contributed by atoms with Crippen LogP contribution in [0.4, 0.5) is 0 Å². The molecule has 1 saturated carbocycles. The molecule has 0 amide bonds. The molecule has 0 radical (unpaired) electrons. The van der Waals surface area contributed by atoms with E-state index in [4.69, 9.17) is 0 Å². The highest BCUT2D eigenvalue weighted by atomic mass is 16.1. The van der Waals surface area contributed by atoms with Crippen LogP contribution < -0.4 is 0 Å². The zero-order valence-electron chi connectivity index (χ0n) is 11.0. The van der Waals surface area contributed by atoms with Crippen LogP contribution in [0, 0.1) is 12.8 Å². The summed E-state index contributed by atoms with van der Waals surface area (Å²) in [5.74, 6) is 0.617. The molecule has 3 rings (SSSR count). The third-order valence-corrected chi connectivity index (χ3v) is 4.18. The van der Waals surface area contributed by atoms with Crippen molar-refractivity contribution < 1.29 is 4.79 Å². The van der Waals surface area contributed by atoms with E-state index >= 15 is 0 Å². The lowest BCUT2D eigenvalue weighted by Gasteiger charge is -2.23. The van der Waals surface area contributed by atoms with Gasteiger partial charge in [-0.15, -0.1) is 0 Å². The number of carbonyl (C=O) groups excluding carboxylic acids is 1. The van der Waals surface area contributed by atoms with Crippen molar-refractivity contribution in [1.82, 2.24) is 4.98 Å². The zero-order chi connectivity index (χ0) is 12.7. The molecule has 1 N–H and O–H groups in total. The van der Waals surface area contributed by atoms with Gasteiger partial charge in [0.05, 0.1) is 0 Å². The highest BCUT2D eigenvalue weighted by molar-refractivity contribution is 6.10. The molecule has 2 heteroatoms. The molecule has 0 aliphatic heterocycles. The van der Waals surface area contributed by atoms with Gasteiger partial charge in [0.15, 0.2) is 5.78 Å². The molecule has 1 fully saturated rings. The first-order chi connectivity index (χ1) is 8.70. The topological polar surface area (TPSA) is 32.9 Å². The number of carbonyl (C=O) groups is 1. The second-order valence-corrected chi connectivity index (χ2v) is 5.35. The molecule has 94 valence electrons. The van der Waals surface area contributed by atoms with E-state index in [-0.39, 0.29) is 5.92 Å². The molecule has 2 nitrogen and oxygen atoms in total. The van der Waals surface area contributed by atoms with Crippen molar-refractivity contribution >= 4 is 16.7 Å². The number of aromatic amines is 1. The molecule has 0 unspecified atom stereocenters. The quantitative estimate of drug-likeness (QED) is 0.809. The van der Waals surface area contributed by atoms with E-state index in [9.17, 15) is 4.79 Å². The first kappa shape index (κ1) is 11.5. The van der Waals surface area contributed by atoms with Crippen LogP contribution in [0.15, 0.2) is 18.2 Å². The van der Waals surface area contributed by atoms with Crippen LogP contribution in [-0.2, 0) is 6.42 Å². The fourth-order valence-electron chi connectivity index (χ4n) is 2.79. The number of Topliss-reactive ketones (excluding diaryl/α,β-unsaturated/α-hetero) is 1. The van der Waals surface area contributed by atoms with Crippen LogP contribution in [0.1, 0.15) is 47.8 Å². The Morgan fingerprint density at radius 1 is 1.39 bits per heavy atom. The molecule has 0 saturated heterocycles. The average Bonchev–Trinajstić information content (AvgIpc) is 2.61. The maximum absolute atomic E-state index is 12.5. The molecular weight excluding hydrogens is 222 g/mol. The zero-order valence-corrected chi connectivity index (χ0v) is 11.0. The molecule has 18 heavy (non-hydrogen) atoms. The van der Waals surface area contributed by atoms with E-state index in [0.717, 1.165) is 41.4 Å². The molecular formula is C16H19NO. The summed E-state index contributed by atoms with van der Waals surface area (Å²) >= 11 is 0. The predicted octanol–water partition coefficient (Wildman–Crippen LogP) is 4.02. The minimum absolute atomic E-state index is 0.271. The number of benzene rings is 1. The fourth-order valence-corrected chi connectivity index (χ4v) is 2.79. The van der Waals surface area contributed by atoms with Gasteiger partial charge in [-0.25, -0.2) is 0 Å². The molecule has 1 aromatic heterocycles. The Morgan fingerprint density at radius 3 is 2.78 bits per heavy atom. The van der Waals surface area contributed by atoms with E-state index in [1.54, 1.807) is 0 Å². The van der Waals surface area contributed by atoms with Crippen LogP contribution in [0.2, 0.25) is 0 Å². The highest BCUT2D eigenvalue weighted by Crippen LogP contribution is 2.33. The Hall–Kier alpha value is -1.57. The monoisotopic (exact) mass is 241 g/mol. The van der Waals surface area contributed by atoms with Gasteiger partial charge in [-0.1, -0.05) is 19.4 Å². The first-order valence-corrected chi connectivity index (χ1v) is 6.86. The third-order valence-electron chi connectivity index (χ3n) is 4.18. The SMILES string of the molecule is CCc1ccc2[nH]c(C)c(C(=O)C3CCC3)c2c1. The van der Waals surface area contributed by atoms with Gasteiger partial charge < -0.3 is 4.98 Å². The van der Waals surface area contributed by atoms with Gasteiger partial charge in [-0.2, -0.15) is 0 Å². The summed E-state index contributed by atoms with van der Waals surface area (Å²) in [6.07, 6.45) is 4.35. The normalized spacial score (nSPS) is 15.9. The third kappa shape index (κ3) is 1.67. The van der Waals surface area contributed by atoms with Crippen LogP contribution in [0.3, 0.4) is 0 Å². The lowest BCUT2D eigenvalue weighted by molar-refractivity contribution is 0.0856. The van der Waals surface area contributed by atoms with E-state index in [2.05, 4.69) is 30.1 Å². The van der Waals surface area contributed by atoms with Crippen LogP contribution in [0.5, 0.6) is 0 Å². The van der Waals surface area contributed by atoms with Crippen LogP contribution >= 0.6 is 0 Å². The van der Waals surface area contributed by atoms with E-state index in [1.807, 2.05) is 6.92 Å². The van der Waals surface area contributed by atoms with Crippen molar-refractivity contribution in [2.24, 2.45) is 5.92 Å². The number of nitrogens with one attached hydrogen (secondary N) is 1. The number of ketones is 1. The van der Waals surface area contributed by atoms with Crippen molar-refractivity contribution in [2.45, 2.75) is 39.5 Å². The fraction of sp³-hybridized carbons (Fsp3) is 0.438. The van der Waals surface area contributed by atoms with Gasteiger partial charge in [0.1, 0.15) is 0 Å². The van der Waals surface area contributed by atoms with E-state index < -0.39 is 0 Å². The van der Waals surface area contributed by atoms with Crippen molar-refractivity contribution in [2.75, 3.05) is 0 Å². The molecule has 1 aliphatic rings. The highest BCUT2D eigenvalue weighted by Gasteiger charge is 2.29. The number of hydrogen-bond donors (Lipinski definition) is 1. The van der Waals surface area contributed by atoms with Gasteiger partial charge in [-0.05, 0) is 43.9 Å². The second kappa shape index (κ2) is 4.27. The Morgan fingerprint density at radius 2 is 2.17 bits per heavy atom. The van der Waals surface area contributed by atoms with Gasteiger partial charge >= 0.3 is 0 Å². The summed E-state index contributed by atoms with van der Waals surface area (Å²) in [5.41, 5.74) is 4.34. The molecule has 0 bridgehead atoms. The summed E-state index contributed by atoms with van der Waals surface area (Å²) < 4.78 is 0. The Labute approximate surface area is 107 Å². The van der Waals surface area contributed by atoms with Gasteiger partial charge in [0.2, 0.25) is 0 Å². The maximum atomic E-state index is 12.5. The summed E-state index contributed by atoms with van der Waals surface area (Å²) in [4.78, 5) is 15.8. The lowest BCUT2D eigenvalue weighted by Crippen LogP contribution is -2.22. The van der Waals surface area contributed by atoms with Crippen molar-refractivity contribution in [3.05, 3.63) is 35.0 Å². The van der Waals surface area contributed by atoms with Crippen LogP contribution in [0.25, 0.3) is 10.9 Å². The molecule has 1 aromatic carbocycles. The van der Waals surface area contributed by atoms with Crippen LogP contribution in [-0.4, -0.2) is 10.8 Å². The number of H-pyrrole nitrogens is 1. The number of fused-ring (bicyclic) bond motifs is 1. The van der Waals surface area contributed by atoms with Gasteiger partial charge in [0, 0.05) is 28.1 Å². The summed E-state index contributed by atoms with van der Waals surface area (Å²) in [7, 11) is 0. The lowest BCUT2D eigenvalue weighted by atomic mass is 9.79. The Bertz CT molecular complexity index is 605. The summed E-state index contributed by atoms with van der Waals surface area (Å²) in [5, 5.41) is 1.11. The van der Waals surface area contributed by atoms with E-state index in [1.165, 1.54) is 12.0 Å². The first-order valence-electron chi connectivity index (χ1n) is 6.86. The maximum Gasteiger partial charge on any atom is 0.168 e. The molecule has 0 atom stereocenters. The molecule has 2 aromatic rings. The molecule has 1 aliphatic carbocycles. The molecule has 0 spiro atoms. The van der Waals surface area contributed by atoms with Gasteiger partial charge in [0.25, 0.3) is 0 Å². The average molecular weight is 241 g/mol. The number of rotatable bonds is 3. The second-order valence-electron chi connectivity index (χ2n) is 5.35. The largest absolute Gasteiger partial charge is 0.358 e. The van der Waals surface area contributed by atoms with Gasteiger partial charge in [-0.3, -0.25) is 4.79 Å². The van der Waals surface area contributed by atoms with E-state index in [0.29, 0.717) is 5.78 Å². The standard InChI is InChI=1S/C16H19NO/c1-3-11-7-8-14-13(9-11)15(10(2)17-14)16(18)12-5-4-6-12/h7-9,12,17H,3-6H2,1-2H3. The Balaban J connectivity index is 2.13.